The van der Waals surface area contributed by atoms with E-state index in [1.54, 1.807) is 0 Å². The standard InChI is InChI=1S/C12H12N6O/c13-6-11-15-8-18(17-11)7-10(12(19)16-14)9-4-2-1-3-5-9/h1-5,8,10H,7,14H2,(H,16,19). The Bertz CT molecular complexity index is 600. The molecule has 1 aromatic heterocycles. The van der Waals surface area contributed by atoms with Gasteiger partial charge in [-0.15, -0.1) is 5.10 Å². The zero-order chi connectivity index (χ0) is 13.7. The number of carbonyl (C=O) groups is 1. The lowest BCUT2D eigenvalue weighted by molar-refractivity contribution is -0.123. The van der Waals surface area contributed by atoms with E-state index in [2.05, 4.69) is 15.5 Å². The minimum absolute atomic E-state index is 0.0694. The first-order chi connectivity index (χ1) is 9.24. The number of rotatable bonds is 4. The summed E-state index contributed by atoms with van der Waals surface area (Å²) in [7, 11) is 0. The van der Waals surface area contributed by atoms with Crippen molar-refractivity contribution in [2.45, 2.75) is 12.5 Å². The van der Waals surface area contributed by atoms with E-state index in [4.69, 9.17) is 11.1 Å². The molecule has 0 saturated carbocycles. The molecule has 2 aromatic rings. The van der Waals surface area contributed by atoms with Crippen LogP contribution in [0.5, 0.6) is 0 Å². The van der Waals surface area contributed by atoms with E-state index in [-0.39, 0.29) is 18.3 Å². The molecule has 0 aliphatic heterocycles. The molecule has 0 fully saturated rings. The van der Waals surface area contributed by atoms with Crippen molar-refractivity contribution in [2.75, 3.05) is 0 Å². The first-order valence-electron chi connectivity index (χ1n) is 5.59. The molecule has 0 bridgehead atoms. The Labute approximate surface area is 109 Å². The van der Waals surface area contributed by atoms with Crippen molar-refractivity contribution in [1.29, 1.82) is 5.26 Å². The monoisotopic (exact) mass is 256 g/mol. The van der Waals surface area contributed by atoms with Gasteiger partial charge in [0.25, 0.3) is 5.82 Å². The fourth-order valence-electron chi connectivity index (χ4n) is 1.75. The molecule has 3 N–H and O–H groups in total. The van der Waals surface area contributed by atoms with Gasteiger partial charge in [0.2, 0.25) is 5.91 Å². The second kappa shape index (κ2) is 5.75. The average Bonchev–Trinajstić information content (AvgIpc) is 2.92. The lowest BCUT2D eigenvalue weighted by Crippen LogP contribution is -2.36. The molecule has 0 aliphatic rings. The van der Waals surface area contributed by atoms with Crippen molar-refractivity contribution in [1.82, 2.24) is 20.2 Å². The van der Waals surface area contributed by atoms with Gasteiger partial charge in [-0.2, -0.15) is 5.26 Å². The summed E-state index contributed by atoms with van der Waals surface area (Å²) in [5.41, 5.74) is 2.96. The quantitative estimate of drug-likeness (QED) is 0.452. The molecule has 0 radical (unpaired) electrons. The second-order valence-electron chi connectivity index (χ2n) is 3.87. The van der Waals surface area contributed by atoms with E-state index in [1.165, 1.54) is 11.0 Å². The average molecular weight is 256 g/mol. The largest absolute Gasteiger partial charge is 0.294 e. The maximum atomic E-state index is 11.8. The number of benzene rings is 1. The van der Waals surface area contributed by atoms with Gasteiger partial charge in [-0.25, -0.2) is 10.8 Å². The predicted molar refractivity (Wildman–Crippen MR) is 66.3 cm³/mol. The Kier molecular flexibility index (Phi) is 3.85. The van der Waals surface area contributed by atoms with E-state index in [1.807, 2.05) is 36.4 Å². The molecule has 19 heavy (non-hydrogen) atoms. The van der Waals surface area contributed by atoms with E-state index in [9.17, 15) is 4.79 Å². The second-order valence-corrected chi connectivity index (χ2v) is 3.87. The van der Waals surface area contributed by atoms with Crippen LogP contribution in [0.1, 0.15) is 17.3 Å². The molecule has 1 unspecified atom stereocenters. The highest BCUT2D eigenvalue weighted by molar-refractivity contribution is 5.82. The Balaban J connectivity index is 2.24. The summed E-state index contributed by atoms with van der Waals surface area (Å²) in [5.74, 6) is 4.46. The molecule has 7 nitrogen and oxygen atoms in total. The van der Waals surface area contributed by atoms with Gasteiger partial charge in [-0.1, -0.05) is 30.3 Å². The predicted octanol–water partition coefficient (Wildman–Crippen LogP) is -0.0765. The topological polar surface area (TPSA) is 110 Å². The fourth-order valence-corrected chi connectivity index (χ4v) is 1.75. The molecule has 7 heteroatoms. The smallest absolute Gasteiger partial charge is 0.252 e. The first kappa shape index (κ1) is 12.7. The maximum Gasteiger partial charge on any atom is 0.252 e. The lowest BCUT2D eigenvalue weighted by Gasteiger charge is -2.15. The number of hydrazine groups is 1. The highest BCUT2D eigenvalue weighted by Crippen LogP contribution is 2.17. The Morgan fingerprint density at radius 3 is 2.79 bits per heavy atom. The number of nitrogens with zero attached hydrogens (tertiary/aromatic N) is 4. The maximum absolute atomic E-state index is 11.8. The third-order valence-corrected chi connectivity index (χ3v) is 2.67. The van der Waals surface area contributed by atoms with Crippen LogP contribution in [-0.2, 0) is 11.3 Å². The summed E-state index contributed by atoms with van der Waals surface area (Å²) in [4.78, 5) is 15.6. The van der Waals surface area contributed by atoms with Crippen LogP contribution in [0.3, 0.4) is 0 Å². The molecule has 1 aromatic carbocycles. The van der Waals surface area contributed by atoms with Crippen LogP contribution in [-0.4, -0.2) is 20.7 Å². The summed E-state index contributed by atoms with van der Waals surface area (Å²) in [6, 6.07) is 11.1. The van der Waals surface area contributed by atoms with Crippen molar-refractivity contribution in [3.05, 3.63) is 48.0 Å². The van der Waals surface area contributed by atoms with Crippen LogP contribution in [0.2, 0.25) is 0 Å². The van der Waals surface area contributed by atoms with Gasteiger partial charge in [-0.05, 0) is 5.56 Å². The highest BCUT2D eigenvalue weighted by atomic mass is 16.2. The molecule has 96 valence electrons. The normalized spacial score (nSPS) is 11.6. The van der Waals surface area contributed by atoms with E-state index < -0.39 is 5.92 Å². The Hall–Kier alpha value is -2.72. The van der Waals surface area contributed by atoms with Crippen molar-refractivity contribution in [3.63, 3.8) is 0 Å². The van der Waals surface area contributed by atoms with Gasteiger partial charge in [0.1, 0.15) is 12.4 Å². The van der Waals surface area contributed by atoms with Gasteiger partial charge in [0.15, 0.2) is 0 Å². The summed E-state index contributed by atoms with van der Waals surface area (Å²) in [5, 5.41) is 12.6. The fraction of sp³-hybridized carbons (Fsp3) is 0.167. The molecule has 0 spiro atoms. The van der Waals surface area contributed by atoms with Crippen LogP contribution >= 0.6 is 0 Å². The van der Waals surface area contributed by atoms with Crippen molar-refractivity contribution in [3.8, 4) is 6.07 Å². The van der Waals surface area contributed by atoms with E-state index in [0.717, 1.165) is 5.56 Å². The van der Waals surface area contributed by atoms with Crippen molar-refractivity contribution < 1.29 is 4.79 Å². The molecule has 1 heterocycles. The van der Waals surface area contributed by atoms with Crippen molar-refractivity contribution >= 4 is 5.91 Å². The highest BCUT2D eigenvalue weighted by Gasteiger charge is 2.20. The molecule has 1 atom stereocenters. The number of nitrogens with two attached hydrogens (primary N) is 1. The molecule has 2 rings (SSSR count). The zero-order valence-corrected chi connectivity index (χ0v) is 10.0. The van der Waals surface area contributed by atoms with Crippen LogP contribution in [0.15, 0.2) is 36.7 Å². The summed E-state index contributed by atoms with van der Waals surface area (Å²) in [6.45, 7) is 0.266. The van der Waals surface area contributed by atoms with Gasteiger partial charge in [0.05, 0.1) is 12.5 Å². The minimum atomic E-state index is -0.487. The number of amides is 1. The third-order valence-electron chi connectivity index (χ3n) is 2.67. The number of hydrogen-bond acceptors (Lipinski definition) is 5. The summed E-state index contributed by atoms with van der Waals surface area (Å²) in [6.07, 6.45) is 1.41. The minimum Gasteiger partial charge on any atom is -0.294 e. The van der Waals surface area contributed by atoms with Gasteiger partial charge >= 0.3 is 0 Å². The van der Waals surface area contributed by atoms with Crippen LogP contribution in [0, 0.1) is 11.3 Å². The Morgan fingerprint density at radius 1 is 1.47 bits per heavy atom. The number of nitriles is 1. The zero-order valence-electron chi connectivity index (χ0n) is 10.0. The van der Waals surface area contributed by atoms with Crippen LogP contribution in [0.4, 0.5) is 0 Å². The number of nitrogens with one attached hydrogen (secondary N) is 1. The molecular formula is C12H12N6O. The molecule has 1 amide bonds. The van der Waals surface area contributed by atoms with E-state index >= 15 is 0 Å². The third kappa shape index (κ3) is 2.94. The van der Waals surface area contributed by atoms with Crippen LogP contribution in [0.25, 0.3) is 0 Å². The van der Waals surface area contributed by atoms with Gasteiger partial charge < -0.3 is 0 Å². The number of aromatic nitrogens is 3. The summed E-state index contributed by atoms with van der Waals surface area (Å²) >= 11 is 0. The Morgan fingerprint density at radius 2 is 2.21 bits per heavy atom. The van der Waals surface area contributed by atoms with Crippen molar-refractivity contribution in [2.24, 2.45) is 5.84 Å². The van der Waals surface area contributed by atoms with Gasteiger partial charge in [0, 0.05) is 0 Å². The molecule has 0 aliphatic carbocycles. The number of hydrogen-bond donors (Lipinski definition) is 2. The molecular weight excluding hydrogens is 244 g/mol. The number of carbonyl (C=O) groups excluding carboxylic acids is 1. The lowest BCUT2D eigenvalue weighted by atomic mass is 9.98. The van der Waals surface area contributed by atoms with Gasteiger partial charge in [-0.3, -0.25) is 14.9 Å². The molecule has 0 saturated heterocycles. The SMILES string of the molecule is N#Cc1ncn(CC(C(=O)NN)c2ccccc2)n1. The first-order valence-corrected chi connectivity index (χ1v) is 5.59. The van der Waals surface area contributed by atoms with E-state index in [0.29, 0.717) is 0 Å². The van der Waals surface area contributed by atoms with Crippen LogP contribution < -0.4 is 11.3 Å². The summed E-state index contributed by atoms with van der Waals surface area (Å²) < 4.78 is 1.45.